The summed E-state index contributed by atoms with van der Waals surface area (Å²) >= 11 is 0. The van der Waals surface area contributed by atoms with Crippen LogP contribution in [0.1, 0.15) is 16.8 Å². The van der Waals surface area contributed by atoms with Crippen molar-refractivity contribution in [3.63, 3.8) is 0 Å². The molecule has 0 saturated heterocycles. The highest BCUT2D eigenvalue weighted by Gasteiger charge is 2.00. The first-order chi connectivity index (χ1) is 7.65. The Hall–Kier alpha value is -1.77. The van der Waals surface area contributed by atoms with Gasteiger partial charge in [-0.25, -0.2) is 0 Å². The van der Waals surface area contributed by atoms with Gasteiger partial charge in [0.1, 0.15) is 5.82 Å². The zero-order chi connectivity index (χ0) is 11.5. The van der Waals surface area contributed by atoms with Crippen LogP contribution in [0.5, 0.6) is 0 Å². The van der Waals surface area contributed by atoms with Crippen LogP contribution in [0.4, 0.5) is 5.82 Å². The van der Waals surface area contributed by atoms with Gasteiger partial charge in [0, 0.05) is 25.4 Å². The molecular formula is C13H17N3. The predicted octanol–water partition coefficient (Wildman–Crippen LogP) is 2.65. The molecule has 0 bridgehead atoms. The molecule has 1 aromatic heterocycles. The number of aryl methyl sites for hydroxylation is 3. The number of rotatable bonds is 3. The number of hydrogen-bond donors (Lipinski definition) is 1. The molecule has 0 unspecified atom stereocenters. The smallest absolute Gasteiger partial charge is 0.148 e. The first-order valence-electron chi connectivity index (χ1n) is 5.45. The van der Waals surface area contributed by atoms with Crippen molar-refractivity contribution in [1.82, 2.24) is 9.78 Å². The van der Waals surface area contributed by atoms with E-state index in [0.29, 0.717) is 0 Å². The molecule has 2 aromatic rings. The normalized spacial score (nSPS) is 10.4. The van der Waals surface area contributed by atoms with E-state index in [4.69, 9.17) is 0 Å². The van der Waals surface area contributed by atoms with E-state index in [0.717, 1.165) is 18.1 Å². The van der Waals surface area contributed by atoms with Gasteiger partial charge in [0.15, 0.2) is 0 Å². The summed E-state index contributed by atoms with van der Waals surface area (Å²) in [7, 11) is 1.95. The van der Waals surface area contributed by atoms with Crippen molar-refractivity contribution in [3.05, 3.63) is 47.2 Å². The fourth-order valence-corrected chi connectivity index (χ4v) is 1.66. The van der Waals surface area contributed by atoms with E-state index >= 15 is 0 Å². The Morgan fingerprint density at radius 2 is 2.06 bits per heavy atom. The summed E-state index contributed by atoms with van der Waals surface area (Å²) in [6.07, 6.45) is 0. The van der Waals surface area contributed by atoms with Crippen molar-refractivity contribution in [2.24, 2.45) is 7.05 Å². The molecule has 0 radical (unpaired) electrons. The fourth-order valence-electron chi connectivity index (χ4n) is 1.66. The number of aromatic nitrogens is 2. The zero-order valence-electron chi connectivity index (χ0n) is 9.99. The number of anilines is 1. The molecule has 0 aliphatic heterocycles. The number of hydrogen-bond acceptors (Lipinski definition) is 2. The van der Waals surface area contributed by atoms with Crippen molar-refractivity contribution in [2.75, 3.05) is 5.32 Å². The molecule has 3 heteroatoms. The van der Waals surface area contributed by atoms with Crippen LogP contribution in [0.25, 0.3) is 0 Å². The van der Waals surface area contributed by atoms with Crippen LogP contribution < -0.4 is 5.32 Å². The lowest BCUT2D eigenvalue weighted by Gasteiger charge is -2.03. The van der Waals surface area contributed by atoms with Gasteiger partial charge in [0.2, 0.25) is 0 Å². The Balaban J connectivity index is 2.02. The fraction of sp³-hybridized carbons (Fsp3) is 0.308. The third-order valence-electron chi connectivity index (χ3n) is 2.67. The lowest BCUT2D eigenvalue weighted by atomic mass is 10.1. The van der Waals surface area contributed by atoms with E-state index in [1.165, 1.54) is 11.1 Å². The van der Waals surface area contributed by atoms with Crippen LogP contribution >= 0.6 is 0 Å². The summed E-state index contributed by atoms with van der Waals surface area (Å²) in [6.45, 7) is 4.97. The van der Waals surface area contributed by atoms with Crippen LogP contribution in [-0.4, -0.2) is 9.78 Å². The molecule has 2 rings (SSSR count). The lowest BCUT2D eigenvalue weighted by molar-refractivity contribution is 0.741. The summed E-state index contributed by atoms with van der Waals surface area (Å²) in [5.74, 6) is 0.932. The lowest BCUT2D eigenvalue weighted by Crippen LogP contribution is -2.01. The Kier molecular flexibility index (Phi) is 2.95. The third kappa shape index (κ3) is 2.42. The van der Waals surface area contributed by atoms with E-state index in [2.05, 4.69) is 47.7 Å². The number of nitrogens with zero attached hydrogens (tertiary/aromatic N) is 2. The average molecular weight is 215 g/mol. The topological polar surface area (TPSA) is 29.9 Å². The molecule has 0 aliphatic rings. The van der Waals surface area contributed by atoms with Crippen LogP contribution in [0.3, 0.4) is 0 Å². The highest BCUT2D eigenvalue weighted by Crippen LogP contribution is 2.10. The SMILES string of the molecule is Cc1cccc(CNc2cc(C)n(C)n2)c1. The minimum Gasteiger partial charge on any atom is -0.365 e. The van der Waals surface area contributed by atoms with Crippen molar-refractivity contribution in [2.45, 2.75) is 20.4 Å². The summed E-state index contributed by atoms with van der Waals surface area (Å²) in [5, 5.41) is 7.67. The minimum absolute atomic E-state index is 0.818. The second-order valence-corrected chi connectivity index (χ2v) is 4.14. The summed E-state index contributed by atoms with van der Waals surface area (Å²) in [4.78, 5) is 0. The molecule has 0 amide bonds. The van der Waals surface area contributed by atoms with Gasteiger partial charge in [0.25, 0.3) is 0 Å². The Morgan fingerprint density at radius 3 is 2.69 bits per heavy atom. The molecule has 0 fully saturated rings. The van der Waals surface area contributed by atoms with Gasteiger partial charge < -0.3 is 5.32 Å². The van der Waals surface area contributed by atoms with Crippen LogP contribution in [0.2, 0.25) is 0 Å². The summed E-state index contributed by atoms with van der Waals surface area (Å²) < 4.78 is 1.87. The second kappa shape index (κ2) is 4.39. The van der Waals surface area contributed by atoms with Gasteiger partial charge in [-0.2, -0.15) is 5.10 Å². The molecule has 16 heavy (non-hydrogen) atoms. The van der Waals surface area contributed by atoms with Crippen molar-refractivity contribution in [3.8, 4) is 0 Å². The van der Waals surface area contributed by atoms with Crippen molar-refractivity contribution >= 4 is 5.82 Å². The molecule has 1 aromatic carbocycles. The second-order valence-electron chi connectivity index (χ2n) is 4.14. The largest absolute Gasteiger partial charge is 0.365 e. The highest BCUT2D eigenvalue weighted by atomic mass is 15.3. The molecular weight excluding hydrogens is 198 g/mol. The van der Waals surface area contributed by atoms with E-state index in [1.54, 1.807) is 0 Å². The molecule has 3 nitrogen and oxygen atoms in total. The molecule has 1 heterocycles. The first kappa shape index (κ1) is 10.7. The van der Waals surface area contributed by atoms with Crippen molar-refractivity contribution < 1.29 is 0 Å². The van der Waals surface area contributed by atoms with E-state index < -0.39 is 0 Å². The summed E-state index contributed by atoms with van der Waals surface area (Å²) in [6, 6.07) is 10.5. The maximum atomic E-state index is 4.35. The predicted molar refractivity (Wildman–Crippen MR) is 66.5 cm³/mol. The molecule has 0 saturated carbocycles. The zero-order valence-corrected chi connectivity index (χ0v) is 9.99. The Morgan fingerprint density at radius 1 is 1.25 bits per heavy atom. The average Bonchev–Trinajstić information content (AvgIpc) is 2.56. The highest BCUT2D eigenvalue weighted by molar-refractivity contribution is 5.37. The van der Waals surface area contributed by atoms with Gasteiger partial charge in [-0.05, 0) is 19.4 Å². The molecule has 84 valence electrons. The molecule has 1 N–H and O–H groups in total. The molecule has 0 spiro atoms. The third-order valence-corrected chi connectivity index (χ3v) is 2.67. The van der Waals surface area contributed by atoms with Gasteiger partial charge in [-0.3, -0.25) is 4.68 Å². The Labute approximate surface area is 96.1 Å². The van der Waals surface area contributed by atoms with Crippen LogP contribution in [-0.2, 0) is 13.6 Å². The van der Waals surface area contributed by atoms with Gasteiger partial charge in [-0.1, -0.05) is 29.8 Å². The van der Waals surface area contributed by atoms with Gasteiger partial charge >= 0.3 is 0 Å². The summed E-state index contributed by atoms with van der Waals surface area (Å²) in [5.41, 5.74) is 3.73. The maximum Gasteiger partial charge on any atom is 0.148 e. The van der Waals surface area contributed by atoms with E-state index in [9.17, 15) is 0 Å². The van der Waals surface area contributed by atoms with Crippen molar-refractivity contribution in [1.29, 1.82) is 0 Å². The first-order valence-corrected chi connectivity index (χ1v) is 5.45. The van der Waals surface area contributed by atoms with Gasteiger partial charge in [-0.15, -0.1) is 0 Å². The van der Waals surface area contributed by atoms with E-state index in [1.807, 2.05) is 18.7 Å². The van der Waals surface area contributed by atoms with E-state index in [-0.39, 0.29) is 0 Å². The maximum absolute atomic E-state index is 4.35. The number of nitrogens with one attached hydrogen (secondary N) is 1. The van der Waals surface area contributed by atoms with Gasteiger partial charge in [0.05, 0.1) is 0 Å². The van der Waals surface area contributed by atoms with Crippen LogP contribution in [0.15, 0.2) is 30.3 Å². The van der Waals surface area contributed by atoms with Crippen LogP contribution in [0, 0.1) is 13.8 Å². The standard InChI is InChI=1S/C13H17N3/c1-10-5-4-6-12(7-10)9-14-13-8-11(2)16(3)15-13/h4-8H,9H2,1-3H3,(H,14,15). The number of benzene rings is 1. The molecule has 0 atom stereocenters. The quantitative estimate of drug-likeness (QED) is 0.853. The minimum atomic E-state index is 0.818. The molecule has 0 aliphatic carbocycles. The Bertz CT molecular complexity index is 466. The monoisotopic (exact) mass is 215 g/mol.